The third-order valence-electron chi connectivity index (χ3n) is 3.57. The van der Waals surface area contributed by atoms with Gasteiger partial charge >= 0.3 is 0 Å². The van der Waals surface area contributed by atoms with Gasteiger partial charge < -0.3 is 9.72 Å². The zero-order valence-corrected chi connectivity index (χ0v) is 11.1. The molecular weight excluding hydrogens is 261 g/mol. The SMILES string of the molecule is CN=C1NC(=O)C(C(C)c2c[nH]c3c(F)cccc23)O1. The summed E-state index contributed by atoms with van der Waals surface area (Å²) in [4.78, 5) is 18.6. The molecule has 1 amide bonds. The number of amides is 1. The summed E-state index contributed by atoms with van der Waals surface area (Å²) in [6, 6.07) is 5.09. The molecule has 1 aromatic heterocycles. The molecule has 2 aromatic rings. The van der Waals surface area contributed by atoms with E-state index in [2.05, 4.69) is 15.3 Å². The number of nitrogens with zero attached hydrogens (tertiary/aromatic N) is 1. The van der Waals surface area contributed by atoms with E-state index in [0.29, 0.717) is 5.52 Å². The summed E-state index contributed by atoms with van der Waals surface area (Å²) in [5, 5.41) is 3.32. The number of fused-ring (bicyclic) bond motifs is 1. The number of carbonyl (C=O) groups is 1. The summed E-state index contributed by atoms with van der Waals surface area (Å²) in [5.74, 6) is -0.762. The molecular formula is C14H14FN3O2. The number of amidine groups is 1. The fourth-order valence-corrected chi connectivity index (χ4v) is 2.50. The molecule has 2 unspecified atom stereocenters. The maximum absolute atomic E-state index is 13.7. The molecule has 1 aliphatic heterocycles. The van der Waals surface area contributed by atoms with E-state index in [-0.39, 0.29) is 23.7 Å². The van der Waals surface area contributed by atoms with Crippen molar-refractivity contribution in [1.82, 2.24) is 10.3 Å². The lowest BCUT2D eigenvalue weighted by molar-refractivity contribution is -0.124. The van der Waals surface area contributed by atoms with Crippen LogP contribution in [0.2, 0.25) is 0 Å². The lowest BCUT2D eigenvalue weighted by Gasteiger charge is -2.15. The van der Waals surface area contributed by atoms with Crippen LogP contribution in [-0.4, -0.2) is 30.1 Å². The minimum Gasteiger partial charge on any atom is -0.451 e. The molecule has 2 N–H and O–H groups in total. The number of aliphatic imine (C=N–C) groups is 1. The molecule has 20 heavy (non-hydrogen) atoms. The highest BCUT2D eigenvalue weighted by atomic mass is 19.1. The second-order valence-corrected chi connectivity index (χ2v) is 4.75. The Morgan fingerprint density at radius 3 is 2.95 bits per heavy atom. The molecule has 2 heterocycles. The van der Waals surface area contributed by atoms with Crippen molar-refractivity contribution in [3.63, 3.8) is 0 Å². The highest BCUT2D eigenvalue weighted by Gasteiger charge is 2.36. The summed E-state index contributed by atoms with van der Waals surface area (Å²) in [7, 11) is 1.55. The van der Waals surface area contributed by atoms with E-state index in [1.165, 1.54) is 6.07 Å². The van der Waals surface area contributed by atoms with Crippen LogP contribution in [0.1, 0.15) is 18.4 Å². The minimum absolute atomic E-state index is 0.218. The Morgan fingerprint density at radius 2 is 2.25 bits per heavy atom. The number of carbonyl (C=O) groups excluding carboxylic acids is 1. The molecule has 0 aliphatic carbocycles. The first-order valence-electron chi connectivity index (χ1n) is 6.31. The first-order chi connectivity index (χ1) is 9.61. The Labute approximate surface area is 114 Å². The van der Waals surface area contributed by atoms with Crippen LogP contribution < -0.4 is 5.32 Å². The van der Waals surface area contributed by atoms with Crippen molar-refractivity contribution in [1.29, 1.82) is 0 Å². The molecule has 2 atom stereocenters. The molecule has 1 fully saturated rings. The van der Waals surface area contributed by atoms with Crippen LogP contribution in [0.3, 0.4) is 0 Å². The van der Waals surface area contributed by atoms with Crippen LogP contribution in [0.5, 0.6) is 0 Å². The zero-order chi connectivity index (χ0) is 14.3. The number of halogens is 1. The maximum atomic E-state index is 13.7. The molecule has 0 spiro atoms. The smallest absolute Gasteiger partial charge is 0.292 e. The van der Waals surface area contributed by atoms with Crippen molar-refractivity contribution in [2.24, 2.45) is 4.99 Å². The fraction of sp³-hybridized carbons (Fsp3) is 0.286. The van der Waals surface area contributed by atoms with Crippen LogP contribution in [0.25, 0.3) is 10.9 Å². The molecule has 6 heteroatoms. The van der Waals surface area contributed by atoms with Crippen molar-refractivity contribution in [3.8, 4) is 0 Å². The average molecular weight is 275 g/mol. The number of benzene rings is 1. The van der Waals surface area contributed by atoms with Gasteiger partial charge in [-0.05, 0) is 11.6 Å². The molecule has 0 bridgehead atoms. The van der Waals surface area contributed by atoms with Gasteiger partial charge in [-0.25, -0.2) is 9.38 Å². The van der Waals surface area contributed by atoms with E-state index in [1.807, 2.05) is 13.0 Å². The van der Waals surface area contributed by atoms with Gasteiger partial charge in [0.1, 0.15) is 5.82 Å². The normalized spacial score (nSPS) is 22.1. The van der Waals surface area contributed by atoms with Gasteiger partial charge in [0.05, 0.1) is 5.52 Å². The van der Waals surface area contributed by atoms with Crippen molar-refractivity contribution < 1.29 is 13.9 Å². The zero-order valence-electron chi connectivity index (χ0n) is 11.1. The number of nitrogens with one attached hydrogen (secondary N) is 2. The lowest BCUT2D eigenvalue weighted by atomic mass is 9.94. The summed E-state index contributed by atoms with van der Waals surface area (Å²) < 4.78 is 19.1. The highest BCUT2D eigenvalue weighted by Crippen LogP contribution is 2.31. The van der Waals surface area contributed by atoms with Gasteiger partial charge in [0.25, 0.3) is 11.9 Å². The second kappa shape index (κ2) is 4.63. The molecule has 1 aromatic carbocycles. The molecule has 1 saturated heterocycles. The topological polar surface area (TPSA) is 66.5 Å². The van der Waals surface area contributed by atoms with Crippen LogP contribution in [0.4, 0.5) is 4.39 Å². The van der Waals surface area contributed by atoms with Crippen molar-refractivity contribution >= 4 is 22.8 Å². The van der Waals surface area contributed by atoms with Gasteiger partial charge in [0.15, 0.2) is 6.10 Å². The minimum atomic E-state index is -0.657. The van der Waals surface area contributed by atoms with Gasteiger partial charge in [-0.2, -0.15) is 0 Å². The van der Waals surface area contributed by atoms with Crippen LogP contribution in [-0.2, 0) is 9.53 Å². The first kappa shape index (κ1) is 12.7. The Hall–Kier alpha value is -2.37. The number of rotatable bonds is 2. The highest BCUT2D eigenvalue weighted by molar-refractivity contribution is 6.02. The third kappa shape index (κ3) is 1.84. The van der Waals surface area contributed by atoms with Crippen LogP contribution in [0, 0.1) is 5.82 Å². The quantitative estimate of drug-likeness (QED) is 0.879. The molecule has 0 saturated carbocycles. The lowest BCUT2D eigenvalue weighted by Crippen LogP contribution is -2.28. The van der Waals surface area contributed by atoms with E-state index in [0.717, 1.165) is 10.9 Å². The number of H-pyrrole nitrogens is 1. The number of hydrogen-bond donors (Lipinski definition) is 2. The Kier molecular flexibility index (Phi) is 2.93. The van der Waals surface area contributed by atoms with Gasteiger partial charge in [0, 0.05) is 24.5 Å². The van der Waals surface area contributed by atoms with Gasteiger partial charge in [-0.3, -0.25) is 10.1 Å². The molecule has 5 nitrogen and oxygen atoms in total. The summed E-state index contributed by atoms with van der Waals surface area (Å²) >= 11 is 0. The van der Waals surface area contributed by atoms with Gasteiger partial charge in [-0.1, -0.05) is 19.1 Å². The predicted octanol–water partition coefficient (Wildman–Crippen LogP) is 1.91. The molecule has 1 aliphatic rings. The van der Waals surface area contributed by atoms with Crippen molar-refractivity contribution in [3.05, 3.63) is 35.8 Å². The molecule has 3 rings (SSSR count). The van der Waals surface area contributed by atoms with E-state index in [1.54, 1.807) is 19.3 Å². The van der Waals surface area contributed by atoms with E-state index in [9.17, 15) is 9.18 Å². The average Bonchev–Trinajstić information content (AvgIpc) is 3.02. The second-order valence-electron chi connectivity index (χ2n) is 4.75. The Balaban J connectivity index is 1.99. The monoisotopic (exact) mass is 275 g/mol. The third-order valence-corrected chi connectivity index (χ3v) is 3.57. The maximum Gasteiger partial charge on any atom is 0.292 e. The number of aromatic nitrogens is 1. The standard InChI is InChI=1S/C14H14FN3O2/c1-7(12-13(19)18-14(16-2)20-12)9-6-17-11-8(9)4-3-5-10(11)15/h3-7,12,17H,1-2H3,(H,16,18,19). The van der Waals surface area contributed by atoms with Crippen LogP contribution >= 0.6 is 0 Å². The molecule has 0 radical (unpaired) electrons. The number of aromatic amines is 1. The summed E-state index contributed by atoms with van der Waals surface area (Å²) in [6.07, 6.45) is 1.06. The van der Waals surface area contributed by atoms with Crippen molar-refractivity contribution in [2.75, 3.05) is 7.05 Å². The Bertz CT molecular complexity index is 708. The fourth-order valence-electron chi connectivity index (χ4n) is 2.50. The van der Waals surface area contributed by atoms with Crippen LogP contribution in [0.15, 0.2) is 29.4 Å². The van der Waals surface area contributed by atoms with Crippen molar-refractivity contribution in [2.45, 2.75) is 18.9 Å². The Morgan fingerprint density at radius 1 is 1.45 bits per heavy atom. The largest absolute Gasteiger partial charge is 0.451 e. The van der Waals surface area contributed by atoms with E-state index in [4.69, 9.17) is 4.74 Å². The predicted molar refractivity (Wildman–Crippen MR) is 73.0 cm³/mol. The van der Waals surface area contributed by atoms with Gasteiger partial charge in [-0.15, -0.1) is 0 Å². The van der Waals surface area contributed by atoms with E-state index < -0.39 is 6.10 Å². The number of ether oxygens (including phenoxy) is 1. The van der Waals surface area contributed by atoms with Gasteiger partial charge in [0.2, 0.25) is 0 Å². The number of hydrogen-bond acceptors (Lipinski definition) is 3. The summed E-state index contributed by atoms with van der Waals surface area (Å²) in [6.45, 7) is 1.87. The number of para-hydroxylation sites is 1. The molecule has 104 valence electrons. The first-order valence-corrected chi connectivity index (χ1v) is 6.31. The summed E-state index contributed by atoms with van der Waals surface area (Å²) in [5.41, 5.74) is 1.29. The van der Waals surface area contributed by atoms with E-state index >= 15 is 0 Å².